The van der Waals surface area contributed by atoms with Gasteiger partial charge in [-0.25, -0.2) is 0 Å². The van der Waals surface area contributed by atoms with Crippen LogP contribution in [0.15, 0.2) is 42.5 Å². The summed E-state index contributed by atoms with van der Waals surface area (Å²) in [4.78, 5) is 17.5. The number of benzene rings is 2. The summed E-state index contributed by atoms with van der Waals surface area (Å²) in [5, 5.41) is 4.30. The van der Waals surface area contributed by atoms with Crippen LogP contribution in [0.2, 0.25) is 5.02 Å². The summed E-state index contributed by atoms with van der Waals surface area (Å²) in [6, 6.07) is 14.8. The summed E-state index contributed by atoms with van der Waals surface area (Å²) < 4.78 is 5.44. The van der Waals surface area contributed by atoms with Gasteiger partial charge in [0.1, 0.15) is 5.75 Å². The number of amides is 1. The smallest absolute Gasteiger partial charge is 0.236 e. The van der Waals surface area contributed by atoms with Crippen molar-refractivity contribution in [2.24, 2.45) is 0 Å². The van der Waals surface area contributed by atoms with Gasteiger partial charge in [-0.05, 0) is 61.1 Å². The van der Waals surface area contributed by atoms with E-state index in [1.807, 2.05) is 29.2 Å². The Morgan fingerprint density at radius 3 is 2.72 bits per heavy atom. The molecule has 1 amide bonds. The first-order valence-corrected chi connectivity index (χ1v) is 12.1. The topological polar surface area (TPSA) is 44.8 Å². The molecule has 0 saturated heterocycles. The molecule has 0 radical (unpaired) electrons. The van der Waals surface area contributed by atoms with E-state index in [2.05, 4.69) is 35.3 Å². The molecular weight excluding hydrogens is 422 g/mol. The molecule has 0 spiro atoms. The lowest BCUT2D eigenvalue weighted by molar-refractivity contribution is -0.132. The first kappa shape index (κ1) is 23.1. The standard InChI is InChI=1S/C26H34ClN3O2/c1-3-29(16-14-28-20-7-6-8-20)25(31)18-30-15-13-19-17-21(32-2)11-12-22(19)26(30)23-9-4-5-10-24(23)27/h4-5,9-12,17,20,26,28H,3,6-8,13-16,18H2,1-2H3. The van der Waals surface area contributed by atoms with Gasteiger partial charge in [0.25, 0.3) is 0 Å². The number of hydrogen-bond donors (Lipinski definition) is 1. The van der Waals surface area contributed by atoms with E-state index in [9.17, 15) is 4.79 Å². The molecule has 1 saturated carbocycles. The van der Waals surface area contributed by atoms with Crippen LogP contribution in [-0.4, -0.2) is 61.6 Å². The second-order valence-corrected chi connectivity index (χ2v) is 9.17. The molecule has 1 fully saturated rings. The summed E-state index contributed by atoms with van der Waals surface area (Å²) in [6.45, 7) is 5.59. The van der Waals surface area contributed by atoms with E-state index < -0.39 is 0 Å². The van der Waals surface area contributed by atoms with E-state index in [1.54, 1.807) is 7.11 Å². The molecular formula is C26H34ClN3O2. The fourth-order valence-electron chi connectivity index (χ4n) is 4.76. The number of carbonyl (C=O) groups is 1. The van der Waals surface area contributed by atoms with Crippen LogP contribution >= 0.6 is 11.6 Å². The second-order valence-electron chi connectivity index (χ2n) is 8.76. The number of rotatable bonds is 9. The van der Waals surface area contributed by atoms with Crippen LogP contribution in [-0.2, 0) is 11.2 Å². The highest BCUT2D eigenvalue weighted by atomic mass is 35.5. The zero-order valence-electron chi connectivity index (χ0n) is 19.1. The zero-order chi connectivity index (χ0) is 22.5. The molecule has 0 aromatic heterocycles. The Labute approximate surface area is 196 Å². The summed E-state index contributed by atoms with van der Waals surface area (Å²) >= 11 is 6.64. The number of likely N-dealkylation sites (N-methyl/N-ethyl adjacent to an activating group) is 1. The molecule has 2 aromatic carbocycles. The molecule has 1 heterocycles. The van der Waals surface area contributed by atoms with Gasteiger partial charge in [0, 0.05) is 37.2 Å². The molecule has 0 bridgehead atoms. The van der Waals surface area contributed by atoms with Crippen molar-refractivity contribution in [3.63, 3.8) is 0 Å². The van der Waals surface area contributed by atoms with E-state index >= 15 is 0 Å². The number of fused-ring (bicyclic) bond motifs is 1. The van der Waals surface area contributed by atoms with Crippen molar-refractivity contribution in [2.45, 2.75) is 44.7 Å². The quantitative estimate of drug-likeness (QED) is 0.612. The highest BCUT2D eigenvalue weighted by Gasteiger charge is 2.32. The molecule has 1 aliphatic heterocycles. The first-order chi connectivity index (χ1) is 15.6. The van der Waals surface area contributed by atoms with Crippen LogP contribution in [0.5, 0.6) is 5.75 Å². The van der Waals surface area contributed by atoms with Crippen LogP contribution in [0, 0.1) is 0 Å². The predicted octanol–water partition coefficient (Wildman–Crippen LogP) is 4.29. The van der Waals surface area contributed by atoms with Gasteiger partial charge in [-0.2, -0.15) is 0 Å². The van der Waals surface area contributed by atoms with Crippen molar-refractivity contribution in [3.8, 4) is 5.75 Å². The summed E-state index contributed by atoms with van der Waals surface area (Å²) in [5.74, 6) is 1.04. The maximum atomic E-state index is 13.3. The molecule has 172 valence electrons. The van der Waals surface area contributed by atoms with Crippen molar-refractivity contribution in [1.82, 2.24) is 15.1 Å². The number of nitrogens with one attached hydrogen (secondary N) is 1. The molecule has 32 heavy (non-hydrogen) atoms. The van der Waals surface area contributed by atoms with E-state index in [0.717, 1.165) is 48.9 Å². The van der Waals surface area contributed by atoms with Crippen LogP contribution in [0.25, 0.3) is 0 Å². The van der Waals surface area contributed by atoms with Gasteiger partial charge in [-0.1, -0.05) is 42.3 Å². The molecule has 5 nitrogen and oxygen atoms in total. The van der Waals surface area contributed by atoms with Crippen molar-refractivity contribution in [3.05, 3.63) is 64.2 Å². The van der Waals surface area contributed by atoms with E-state index in [-0.39, 0.29) is 11.9 Å². The highest BCUT2D eigenvalue weighted by Crippen LogP contribution is 2.39. The Hall–Kier alpha value is -2.08. The fourth-order valence-corrected chi connectivity index (χ4v) is 5.00. The van der Waals surface area contributed by atoms with Crippen molar-refractivity contribution < 1.29 is 9.53 Å². The maximum absolute atomic E-state index is 13.3. The minimum atomic E-state index is -0.0471. The van der Waals surface area contributed by atoms with Gasteiger partial charge in [0.15, 0.2) is 0 Å². The second kappa shape index (κ2) is 10.7. The summed E-state index contributed by atoms with van der Waals surface area (Å²) in [6.07, 6.45) is 4.73. The first-order valence-electron chi connectivity index (χ1n) is 11.8. The number of halogens is 1. The van der Waals surface area contributed by atoms with Crippen LogP contribution < -0.4 is 10.1 Å². The van der Waals surface area contributed by atoms with E-state index in [0.29, 0.717) is 12.6 Å². The molecule has 1 N–H and O–H groups in total. The Morgan fingerprint density at radius 2 is 2.03 bits per heavy atom. The minimum Gasteiger partial charge on any atom is -0.497 e. The molecule has 6 heteroatoms. The Bertz CT molecular complexity index is 931. The van der Waals surface area contributed by atoms with Gasteiger partial charge >= 0.3 is 0 Å². The lowest BCUT2D eigenvalue weighted by Crippen LogP contribution is -2.47. The van der Waals surface area contributed by atoms with Crippen LogP contribution in [0.4, 0.5) is 0 Å². The number of carbonyl (C=O) groups excluding carboxylic acids is 1. The molecule has 1 atom stereocenters. The number of methoxy groups -OCH3 is 1. The average molecular weight is 456 g/mol. The Morgan fingerprint density at radius 1 is 1.22 bits per heavy atom. The molecule has 2 aliphatic rings. The number of nitrogens with zero attached hydrogens (tertiary/aromatic N) is 2. The van der Waals surface area contributed by atoms with Gasteiger partial charge in [-0.15, -0.1) is 0 Å². The van der Waals surface area contributed by atoms with Gasteiger partial charge in [-0.3, -0.25) is 9.69 Å². The molecule has 1 unspecified atom stereocenters. The average Bonchev–Trinajstić information content (AvgIpc) is 2.78. The molecule has 2 aromatic rings. The SMILES string of the molecule is CCN(CCNC1CCC1)C(=O)CN1CCc2cc(OC)ccc2C1c1ccccc1Cl. The monoisotopic (exact) mass is 455 g/mol. The molecule has 4 rings (SSSR count). The third kappa shape index (κ3) is 5.11. The predicted molar refractivity (Wildman–Crippen MR) is 129 cm³/mol. The lowest BCUT2D eigenvalue weighted by atomic mass is 9.88. The van der Waals surface area contributed by atoms with Crippen LogP contribution in [0.3, 0.4) is 0 Å². The van der Waals surface area contributed by atoms with Crippen molar-refractivity contribution in [1.29, 1.82) is 0 Å². The maximum Gasteiger partial charge on any atom is 0.236 e. The number of hydrogen-bond acceptors (Lipinski definition) is 4. The summed E-state index contributed by atoms with van der Waals surface area (Å²) in [7, 11) is 1.69. The summed E-state index contributed by atoms with van der Waals surface area (Å²) in [5.41, 5.74) is 3.51. The third-order valence-electron chi connectivity index (χ3n) is 6.87. The Kier molecular flexibility index (Phi) is 7.71. The Balaban J connectivity index is 1.53. The molecule has 1 aliphatic carbocycles. The lowest BCUT2D eigenvalue weighted by Gasteiger charge is -2.38. The zero-order valence-corrected chi connectivity index (χ0v) is 19.9. The van der Waals surface area contributed by atoms with Crippen LogP contribution in [0.1, 0.15) is 48.9 Å². The van der Waals surface area contributed by atoms with E-state index in [1.165, 1.54) is 30.4 Å². The fraction of sp³-hybridized carbons (Fsp3) is 0.500. The minimum absolute atomic E-state index is 0.0471. The third-order valence-corrected chi connectivity index (χ3v) is 7.21. The number of ether oxygens (including phenoxy) is 1. The van der Waals surface area contributed by atoms with Gasteiger partial charge in [0.2, 0.25) is 5.91 Å². The van der Waals surface area contributed by atoms with Gasteiger partial charge < -0.3 is 15.0 Å². The van der Waals surface area contributed by atoms with Gasteiger partial charge in [0.05, 0.1) is 19.7 Å². The highest BCUT2D eigenvalue weighted by molar-refractivity contribution is 6.31. The van der Waals surface area contributed by atoms with E-state index in [4.69, 9.17) is 16.3 Å². The normalized spacial score (nSPS) is 18.7. The van der Waals surface area contributed by atoms with Crippen molar-refractivity contribution in [2.75, 3.05) is 39.8 Å². The van der Waals surface area contributed by atoms with Crippen molar-refractivity contribution >= 4 is 17.5 Å². The largest absolute Gasteiger partial charge is 0.497 e.